The van der Waals surface area contributed by atoms with Crippen molar-refractivity contribution in [2.45, 2.75) is 84.2 Å². The predicted octanol–water partition coefficient (Wildman–Crippen LogP) is 5.98. The Morgan fingerprint density at radius 3 is 2.65 bits per heavy atom. The van der Waals surface area contributed by atoms with Gasteiger partial charge in [-0.15, -0.1) is 21.5 Å². The van der Waals surface area contributed by atoms with Crippen LogP contribution >= 0.6 is 23.1 Å². The van der Waals surface area contributed by atoms with Gasteiger partial charge in [-0.2, -0.15) is 0 Å². The van der Waals surface area contributed by atoms with Crippen molar-refractivity contribution in [3.63, 3.8) is 0 Å². The van der Waals surface area contributed by atoms with E-state index in [0.717, 1.165) is 42.6 Å². The largest absolute Gasteiger partial charge is 0.482 e. The van der Waals surface area contributed by atoms with Crippen LogP contribution in [0.2, 0.25) is 0 Å². The van der Waals surface area contributed by atoms with Crippen molar-refractivity contribution < 1.29 is 19.1 Å². The van der Waals surface area contributed by atoms with Crippen LogP contribution in [0.15, 0.2) is 29.4 Å². The molecule has 1 aromatic carbocycles. The number of rotatable bonds is 10. The summed E-state index contributed by atoms with van der Waals surface area (Å²) >= 11 is 2.81. The van der Waals surface area contributed by atoms with Gasteiger partial charge in [0.2, 0.25) is 5.91 Å². The quantitative estimate of drug-likeness (QED) is 0.249. The van der Waals surface area contributed by atoms with Crippen LogP contribution in [0.4, 0.5) is 5.00 Å². The van der Waals surface area contributed by atoms with E-state index in [1.54, 1.807) is 0 Å². The molecular formula is C27H34N4O4S2. The van der Waals surface area contributed by atoms with E-state index in [0.29, 0.717) is 28.1 Å². The summed E-state index contributed by atoms with van der Waals surface area (Å²) in [5.41, 5.74) is 2.60. The number of aromatic nitrogens is 3. The Hall–Kier alpha value is -2.85. The molecule has 0 saturated carbocycles. The molecule has 198 valence electrons. The monoisotopic (exact) mass is 542 g/mol. The van der Waals surface area contributed by atoms with E-state index in [4.69, 9.17) is 9.47 Å². The average molecular weight is 543 g/mol. The summed E-state index contributed by atoms with van der Waals surface area (Å²) in [6.45, 7) is 10.3. The van der Waals surface area contributed by atoms with Crippen molar-refractivity contribution in [2.75, 3.05) is 11.1 Å². The molecule has 0 spiro atoms. The van der Waals surface area contributed by atoms with Crippen LogP contribution in [0.25, 0.3) is 0 Å². The zero-order valence-electron chi connectivity index (χ0n) is 22.0. The van der Waals surface area contributed by atoms with Gasteiger partial charge in [-0.25, -0.2) is 4.79 Å². The molecular weight excluding hydrogens is 508 g/mol. The molecule has 1 amide bonds. The molecule has 1 aliphatic rings. The van der Waals surface area contributed by atoms with Gasteiger partial charge in [0.15, 0.2) is 17.1 Å². The summed E-state index contributed by atoms with van der Waals surface area (Å²) in [6.07, 6.45) is 3.37. The minimum Gasteiger partial charge on any atom is -0.482 e. The number of benzene rings is 1. The number of thiophene rings is 1. The van der Waals surface area contributed by atoms with Crippen molar-refractivity contribution >= 4 is 40.0 Å². The molecule has 1 N–H and O–H groups in total. The number of carbonyl (C=O) groups excluding carboxylic acids is 2. The first-order valence-corrected chi connectivity index (χ1v) is 14.5. The van der Waals surface area contributed by atoms with Crippen molar-refractivity contribution in [3.05, 3.63) is 51.7 Å². The molecule has 2 heterocycles. The Labute approximate surface area is 226 Å². The number of carbonyl (C=O) groups is 2. The van der Waals surface area contributed by atoms with Gasteiger partial charge in [0, 0.05) is 11.4 Å². The number of hydrogen-bond donors (Lipinski definition) is 1. The van der Waals surface area contributed by atoms with Gasteiger partial charge < -0.3 is 19.4 Å². The van der Waals surface area contributed by atoms with E-state index in [1.165, 1.54) is 28.0 Å². The molecule has 0 bridgehead atoms. The van der Waals surface area contributed by atoms with Crippen LogP contribution in [0, 0.1) is 6.92 Å². The number of aryl methyl sites for hydroxylation is 2. The summed E-state index contributed by atoms with van der Waals surface area (Å²) in [5, 5.41) is 12.9. The Morgan fingerprint density at radius 2 is 1.92 bits per heavy atom. The highest BCUT2D eigenvalue weighted by molar-refractivity contribution is 7.99. The zero-order valence-corrected chi connectivity index (χ0v) is 23.6. The number of hydrogen-bond acceptors (Lipinski definition) is 8. The molecule has 0 radical (unpaired) electrons. The van der Waals surface area contributed by atoms with Gasteiger partial charge in [-0.1, -0.05) is 30.0 Å². The second kappa shape index (κ2) is 12.1. The second-order valence-electron chi connectivity index (χ2n) is 9.32. The zero-order chi connectivity index (χ0) is 26.5. The highest BCUT2D eigenvalue weighted by Crippen LogP contribution is 2.39. The van der Waals surface area contributed by atoms with Crippen LogP contribution in [0.3, 0.4) is 0 Å². The van der Waals surface area contributed by atoms with Crippen molar-refractivity contribution in [2.24, 2.45) is 0 Å². The van der Waals surface area contributed by atoms with E-state index >= 15 is 0 Å². The number of amides is 1. The van der Waals surface area contributed by atoms with Crippen molar-refractivity contribution in [3.8, 4) is 5.75 Å². The lowest BCUT2D eigenvalue weighted by Crippen LogP contribution is -2.19. The van der Waals surface area contributed by atoms with Crippen molar-refractivity contribution in [1.82, 2.24) is 14.8 Å². The summed E-state index contributed by atoms with van der Waals surface area (Å²) in [4.78, 5) is 27.0. The lowest BCUT2D eigenvalue weighted by atomic mass is 9.95. The highest BCUT2D eigenvalue weighted by Gasteiger charge is 2.28. The van der Waals surface area contributed by atoms with Crippen molar-refractivity contribution in [1.29, 1.82) is 0 Å². The predicted molar refractivity (Wildman–Crippen MR) is 147 cm³/mol. The smallest absolute Gasteiger partial charge is 0.341 e. The second-order valence-corrected chi connectivity index (χ2v) is 11.4. The Balaban J connectivity index is 1.44. The first-order chi connectivity index (χ1) is 17.8. The molecule has 37 heavy (non-hydrogen) atoms. The van der Waals surface area contributed by atoms with Gasteiger partial charge in [0.05, 0.1) is 17.4 Å². The van der Waals surface area contributed by atoms with E-state index < -0.39 is 0 Å². The molecule has 1 atom stereocenters. The molecule has 4 rings (SSSR count). The van der Waals surface area contributed by atoms with Crippen LogP contribution in [-0.2, 0) is 28.9 Å². The highest BCUT2D eigenvalue weighted by atomic mass is 32.2. The fraction of sp³-hybridized carbons (Fsp3) is 0.481. The number of ether oxygens (including phenoxy) is 2. The molecule has 0 aliphatic heterocycles. The standard InChI is InChI=1S/C27H34N4O4S2/c1-6-31-24(18(5)35-20-13-9-7-11-17(20)4)29-30-27(31)36-15-22(32)28-25-23(26(33)34-16(2)3)19-12-8-10-14-21(19)37-25/h7,9,11,13,16,18H,6,8,10,12,14-15H2,1-5H3,(H,28,32). The lowest BCUT2D eigenvalue weighted by Gasteiger charge is -2.17. The normalized spacial score (nSPS) is 13.8. The maximum absolute atomic E-state index is 13.0. The SMILES string of the molecule is CCn1c(SCC(=O)Nc2sc3c(c2C(=O)OC(C)C)CCCC3)nnc1C(C)Oc1ccccc1C. The number of nitrogens with one attached hydrogen (secondary N) is 1. The summed E-state index contributed by atoms with van der Waals surface area (Å²) < 4.78 is 13.6. The fourth-order valence-electron chi connectivity index (χ4n) is 4.37. The summed E-state index contributed by atoms with van der Waals surface area (Å²) in [5.74, 6) is 1.10. The van der Waals surface area contributed by atoms with Gasteiger partial charge in [-0.3, -0.25) is 4.79 Å². The van der Waals surface area contributed by atoms with Gasteiger partial charge >= 0.3 is 5.97 Å². The Bertz CT molecular complexity index is 1270. The summed E-state index contributed by atoms with van der Waals surface area (Å²) in [7, 11) is 0. The van der Waals surface area contributed by atoms with Gasteiger partial charge in [0.1, 0.15) is 10.8 Å². The third kappa shape index (κ3) is 6.35. The molecule has 0 fully saturated rings. The molecule has 10 heteroatoms. The minimum absolute atomic E-state index is 0.145. The number of esters is 1. The molecule has 3 aromatic rings. The lowest BCUT2D eigenvalue weighted by molar-refractivity contribution is -0.113. The summed E-state index contributed by atoms with van der Waals surface area (Å²) in [6, 6.07) is 7.86. The van der Waals surface area contributed by atoms with Crippen LogP contribution in [0.5, 0.6) is 5.75 Å². The molecule has 1 aliphatic carbocycles. The van der Waals surface area contributed by atoms with Gasteiger partial charge in [0.25, 0.3) is 0 Å². The third-order valence-electron chi connectivity index (χ3n) is 6.13. The average Bonchev–Trinajstić information content (AvgIpc) is 3.44. The van der Waals surface area contributed by atoms with E-state index in [9.17, 15) is 9.59 Å². The minimum atomic E-state index is -0.365. The molecule has 0 saturated heterocycles. The van der Waals surface area contributed by atoms with E-state index in [2.05, 4.69) is 15.5 Å². The van der Waals surface area contributed by atoms with Crippen LogP contribution < -0.4 is 10.1 Å². The number of thioether (sulfide) groups is 1. The molecule has 1 unspecified atom stereocenters. The van der Waals surface area contributed by atoms with Gasteiger partial charge in [-0.05, 0) is 77.5 Å². The molecule has 8 nitrogen and oxygen atoms in total. The number of fused-ring (bicyclic) bond motifs is 1. The van der Waals surface area contributed by atoms with Crippen LogP contribution in [0.1, 0.15) is 78.8 Å². The van der Waals surface area contributed by atoms with E-state index in [1.807, 2.05) is 63.5 Å². The Morgan fingerprint density at radius 1 is 1.16 bits per heavy atom. The number of nitrogens with zero attached hydrogens (tertiary/aromatic N) is 3. The fourth-order valence-corrected chi connectivity index (χ4v) is 6.48. The van der Waals surface area contributed by atoms with Crippen LogP contribution in [-0.4, -0.2) is 38.5 Å². The molecule has 2 aromatic heterocycles. The maximum Gasteiger partial charge on any atom is 0.341 e. The topological polar surface area (TPSA) is 95.3 Å². The van der Waals surface area contributed by atoms with E-state index in [-0.39, 0.29) is 29.8 Å². The third-order valence-corrected chi connectivity index (χ3v) is 8.30. The first kappa shape index (κ1) is 27.2. The first-order valence-electron chi connectivity index (χ1n) is 12.7. The number of para-hydroxylation sites is 1. The maximum atomic E-state index is 13.0. The number of anilines is 1. The Kier molecular flexibility index (Phi) is 8.91.